The summed E-state index contributed by atoms with van der Waals surface area (Å²) in [6.45, 7) is 3.53. The molecule has 1 amide bonds. The van der Waals surface area contributed by atoms with Crippen molar-refractivity contribution in [3.63, 3.8) is 0 Å². The van der Waals surface area contributed by atoms with Crippen molar-refractivity contribution in [1.29, 1.82) is 0 Å². The zero-order chi connectivity index (χ0) is 12.8. The van der Waals surface area contributed by atoms with Crippen LogP contribution in [0.1, 0.15) is 6.92 Å². The maximum atomic E-state index is 11.5. The minimum Gasteiger partial charge on any atom is -0.486 e. The predicted molar refractivity (Wildman–Crippen MR) is 65.7 cm³/mol. The maximum Gasteiger partial charge on any atom is 0.240 e. The fourth-order valence-corrected chi connectivity index (χ4v) is 1.54. The Hall–Kier alpha value is -1.79. The Kier molecular flexibility index (Phi) is 4.38. The summed E-state index contributed by atoms with van der Waals surface area (Å²) in [4.78, 5) is 16.4. The summed E-state index contributed by atoms with van der Waals surface area (Å²) in [5.74, 6) is 1.17. The van der Waals surface area contributed by atoms with Gasteiger partial charge in [0.05, 0.1) is 6.61 Å². The third kappa shape index (κ3) is 3.35. The number of nitrogens with one attached hydrogen (secondary N) is 2. The third-order valence-electron chi connectivity index (χ3n) is 2.31. The van der Waals surface area contributed by atoms with E-state index in [2.05, 4.69) is 10.8 Å². The Labute approximate surface area is 105 Å². The van der Waals surface area contributed by atoms with Crippen molar-refractivity contribution in [2.75, 3.05) is 31.7 Å². The van der Waals surface area contributed by atoms with Crippen molar-refractivity contribution < 1.29 is 19.1 Å². The molecule has 0 bridgehead atoms. The summed E-state index contributed by atoms with van der Waals surface area (Å²) in [6.07, 6.45) is 0. The lowest BCUT2D eigenvalue weighted by molar-refractivity contribution is -0.117. The molecule has 18 heavy (non-hydrogen) atoms. The Morgan fingerprint density at radius 1 is 1.33 bits per heavy atom. The Balaban J connectivity index is 1.91. The number of fused-ring (bicyclic) bond motifs is 1. The first-order valence-corrected chi connectivity index (χ1v) is 5.83. The molecule has 98 valence electrons. The van der Waals surface area contributed by atoms with Gasteiger partial charge in [-0.2, -0.15) is 5.48 Å². The van der Waals surface area contributed by atoms with E-state index in [9.17, 15) is 4.79 Å². The molecule has 1 aromatic rings. The molecule has 6 heteroatoms. The van der Waals surface area contributed by atoms with Gasteiger partial charge in [-0.15, -0.1) is 0 Å². The quantitative estimate of drug-likeness (QED) is 0.603. The maximum absolute atomic E-state index is 11.5. The molecule has 0 aliphatic carbocycles. The van der Waals surface area contributed by atoms with E-state index in [-0.39, 0.29) is 12.5 Å². The lowest BCUT2D eigenvalue weighted by Gasteiger charge is -2.19. The Morgan fingerprint density at radius 3 is 2.89 bits per heavy atom. The van der Waals surface area contributed by atoms with Crippen LogP contribution in [-0.2, 0) is 9.63 Å². The summed E-state index contributed by atoms with van der Waals surface area (Å²) in [5, 5.41) is 2.73. The molecule has 0 aromatic heterocycles. The molecule has 1 aliphatic heterocycles. The fraction of sp³-hybridized carbons (Fsp3) is 0.417. The molecule has 1 aliphatic rings. The van der Waals surface area contributed by atoms with Gasteiger partial charge < -0.3 is 19.6 Å². The van der Waals surface area contributed by atoms with Crippen LogP contribution in [0.4, 0.5) is 5.69 Å². The largest absolute Gasteiger partial charge is 0.486 e. The van der Waals surface area contributed by atoms with Crippen LogP contribution in [-0.4, -0.2) is 32.3 Å². The number of amides is 1. The number of hydrogen-bond acceptors (Lipinski definition) is 5. The van der Waals surface area contributed by atoms with Crippen LogP contribution in [0.25, 0.3) is 0 Å². The van der Waals surface area contributed by atoms with Crippen molar-refractivity contribution >= 4 is 11.6 Å². The minimum atomic E-state index is -0.180. The van der Waals surface area contributed by atoms with Crippen molar-refractivity contribution in [3.8, 4) is 11.5 Å². The van der Waals surface area contributed by atoms with Crippen molar-refractivity contribution in [3.05, 3.63) is 18.2 Å². The smallest absolute Gasteiger partial charge is 0.240 e. The number of rotatable bonds is 5. The fourth-order valence-electron chi connectivity index (χ4n) is 1.54. The van der Waals surface area contributed by atoms with E-state index in [0.717, 1.165) is 0 Å². The number of hydrogen-bond donors (Lipinski definition) is 2. The highest BCUT2D eigenvalue weighted by atomic mass is 16.6. The van der Waals surface area contributed by atoms with Crippen LogP contribution in [0.5, 0.6) is 11.5 Å². The van der Waals surface area contributed by atoms with Crippen LogP contribution in [0.3, 0.4) is 0 Å². The van der Waals surface area contributed by atoms with Gasteiger partial charge in [0.1, 0.15) is 19.8 Å². The molecule has 2 rings (SSSR count). The molecule has 1 aromatic carbocycles. The van der Waals surface area contributed by atoms with E-state index >= 15 is 0 Å². The SMILES string of the molecule is CCONCC(=O)Nc1ccc2c(c1)OCCO2. The highest BCUT2D eigenvalue weighted by Crippen LogP contribution is 2.32. The molecular weight excluding hydrogens is 236 g/mol. The normalized spacial score (nSPS) is 13.2. The van der Waals surface area contributed by atoms with Gasteiger partial charge in [0.25, 0.3) is 0 Å². The van der Waals surface area contributed by atoms with Gasteiger partial charge in [0, 0.05) is 11.8 Å². The molecule has 0 spiro atoms. The van der Waals surface area contributed by atoms with E-state index in [1.54, 1.807) is 18.2 Å². The van der Waals surface area contributed by atoms with Crippen molar-refractivity contribution in [2.45, 2.75) is 6.92 Å². The van der Waals surface area contributed by atoms with E-state index < -0.39 is 0 Å². The minimum absolute atomic E-state index is 0.0995. The lowest BCUT2D eigenvalue weighted by atomic mass is 10.2. The monoisotopic (exact) mass is 252 g/mol. The summed E-state index contributed by atoms with van der Waals surface area (Å²) >= 11 is 0. The summed E-state index contributed by atoms with van der Waals surface area (Å²) < 4.78 is 10.8. The second-order valence-corrected chi connectivity index (χ2v) is 3.66. The van der Waals surface area contributed by atoms with Gasteiger partial charge >= 0.3 is 0 Å². The molecule has 0 fully saturated rings. The molecule has 0 radical (unpaired) electrons. The Bertz CT molecular complexity index is 423. The van der Waals surface area contributed by atoms with Crippen LogP contribution < -0.4 is 20.3 Å². The standard InChI is InChI=1S/C12H16N2O4/c1-2-18-13-8-12(15)14-9-3-4-10-11(7-9)17-6-5-16-10/h3-4,7,13H,2,5-6,8H2,1H3,(H,14,15). The number of carbonyl (C=O) groups excluding carboxylic acids is 1. The van der Waals surface area contributed by atoms with Gasteiger partial charge in [0.2, 0.25) is 5.91 Å². The zero-order valence-electron chi connectivity index (χ0n) is 10.2. The molecule has 0 saturated carbocycles. The van der Waals surface area contributed by atoms with Gasteiger partial charge in [0.15, 0.2) is 11.5 Å². The first kappa shape index (κ1) is 12.7. The van der Waals surface area contributed by atoms with Gasteiger partial charge in [-0.25, -0.2) is 0 Å². The zero-order valence-corrected chi connectivity index (χ0v) is 10.2. The second kappa shape index (κ2) is 6.23. The first-order valence-electron chi connectivity index (χ1n) is 5.83. The van der Waals surface area contributed by atoms with E-state index in [1.807, 2.05) is 6.92 Å². The predicted octanol–water partition coefficient (Wildman–Crippen LogP) is 0.937. The Morgan fingerprint density at radius 2 is 2.11 bits per heavy atom. The third-order valence-corrected chi connectivity index (χ3v) is 2.31. The first-order chi connectivity index (χ1) is 8.79. The van der Waals surface area contributed by atoms with Crippen molar-refractivity contribution in [1.82, 2.24) is 5.48 Å². The average molecular weight is 252 g/mol. The van der Waals surface area contributed by atoms with E-state index in [4.69, 9.17) is 14.3 Å². The number of anilines is 1. The molecule has 0 unspecified atom stereocenters. The molecule has 0 atom stereocenters. The van der Waals surface area contributed by atoms with E-state index in [0.29, 0.717) is 37.0 Å². The van der Waals surface area contributed by atoms with E-state index in [1.165, 1.54) is 0 Å². The highest BCUT2D eigenvalue weighted by Gasteiger charge is 2.12. The second-order valence-electron chi connectivity index (χ2n) is 3.66. The summed E-state index contributed by atoms with van der Waals surface area (Å²) in [6, 6.07) is 5.29. The lowest BCUT2D eigenvalue weighted by Crippen LogP contribution is -2.28. The molecule has 1 heterocycles. The van der Waals surface area contributed by atoms with Crippen molar-refractivity contribution in [2.24, 2.45) is 0 Å². The number of carbonyl (C=O) groups is 1. The number of hydroxylamine groups is 1. The molecular formula is C12H16N2O4. The van der Waals surface area contributed by atoms with Gasteiger partial charge in [-0.1, -0.05) is 0 Å². The van der Waals surface area contributed by atoms with Gasteiger partial charge in [-0.05, 0) is 19.1 Å². The van der Waals surface area contributed by atoms with Crippen LogP contribution in [0.15, 0.2) is 18.2 Å². The molecule has 2 N–H and O–H groups in total. The van der Waals surface area contributed by atoms with Crippen LogP contribution in [0, 0.1) is 0 Å². The van der Waals surface area contributed by atoms with Crippen LogP contribution in [0.2, 0.25) is 0 Å². The van der Waals surface area contributed by atoms with Gasteiger partial charge in [-0.3, -0.25) is 4.79 Å². The van der Waals surface area contributed by atoms with Crippen LogP contribution >= 0.6 is 0 Å². The highest BCUT2D eigenvalue weighted by molar-refractivity contribution is 5.92. The summed E-state index contributed by atoms with van der Waals surface area (Å²) in [7, 11) is 0. The number of ether oxygens (including phenoxy) is 2. The molecule has 6 nitrogen and oxygen atoms in total. The number of benzene rings is 1. The molecule has 0 saturated heterocycles. The summed E-state index contributed by atoms with van der Waals surface area (Å²) in [5.41, 5.74) is 3.22. The average Bonchev–Trinajstić information content (AvgIpc) is 2.39. The topological polar surface area (TPSA) is 68.8 Å².